The fourth-order valence-corrected chi connectivity index (χ4v) is 2.86. The van der Waals surface area contributed by atoms with Gasteiger partial charge in [-0.1, -0.05) is 47.7 Å². The molecule has 1 heterocycles. The second-order valence-electron chi connectivity index (χ2n) is 3.71. The summed E-state index contributed by atoms with van der Waals surface area (Å²) < 4.78 is 0.257. The molecule has 1 aliphatic heterocycles. The Morgan fingerprint density at radius 1 is 1.42 bits per heavy atom. The van der Waals surface area contributed by atoms with Crippen LogP contribution in [-0.2, 0) is 9.59 Å². The minimum atomic E-state index is -1.09. The summed E-state index contributed by atoms with van der Waals surface area (Å²) in [6.07, 6.45) is 1.66. The van der Waals surface area contributed by atoms with E-state index in [1.165, 1.54) is 0 Å². The summed E-state index contributed by atoms with van der Waals surface area (Å²) in [4.78, 5) is 24.1. The molecule has 1 aromatic carbocycles. The van der Waals surface area contributed by atoms with Crippen molar-refractivity contribution in [3.8, 4) is 0 Å². The number of nitrogens with zero attached hydrogens (tertiary/aromatic N) is 1. The maximum Gasteiger partial charge on any atom is 0.323 e. The first-order chi connectivity index (χ1) is 8.97. The van der Waals surface area contributed by atoms with Gasteiger partial charge < -0.3 is 5.11 Å². The van der Waals surface area contributed by atoms with Gasteiger partial charge in [-0.3, -0.25) is 14.5 Å². The number of benzene rings is 1. The number of carbonyl (C=O) groups is 2. The average Bonchev–Trinajstić information content (AvgIpc) is 2.60. The van der Waals surface area contributed by atoms with E-state index in [0.29, 0.717) is 9.93 Å². The number of rotatable bonds is 3. The number of hydrogen-bond acceptors (Lipinski definition) is 4. The van der Waals surface area contributed by atoms with Gasteiger partial charge in [0.25, 0.3) is 5.91 Å². The lowest BCUT2D eigenvalue weighted by Gasteiger charge is -2.10. The zero-order chi connectivity index (χ0) is 14.0. The van der Waals surface area contributed by atoms with Crippen molar-refractivity contribution in [3.63, 3.8) is 0 Å². The summed E-state index contributed by atoms with van der Waals surface area (Å²) in [6.45, 7) is -0.414. The number of carboxylic acids is 1. The monoisotopic (exact) mass is 313 g/mol. The molecule has 0 aromatic heterocycles. The molecular formula is C12H8ClNO3S2. The van der Waals surface area contributed by atoms with Crippen molar-refractivity contribution in [2.45, 2.75) is 0 Å². The molecule has 0 bridgehead atoms. The fourth-order valence-electron chi connectivity index (χ4n) is 1.48. The number of amides is 1. The third-order valence-corrected chi connectivity index (χ3v) is 3.96. The van der Waals surface area contributed by atoms with Crippen molar-refractivity contribution in [3.05, 3.63) is 39.8 Å². The van der Waals surface area contributed by atoms with Crippen molar-refractivity contribution in [2.75, 3.05) is 6.54 Å². The highest BCUT2D eigenvalue weighted by Crippen LogP contribution is 2.32. The van der Waals surface area contributed by atoms with E-state index in [1.54, 1.807) is 30.3 Å². The number of thiocarbonyl (C=S) groups is 1. The van der Waals surface area contributed by atoms with Crippen molar-refractivity contribution >= 4 is 57.9 Å². The van der Waals surface area contributed by atoms with E-state index in [0.717, 1.165) is 22.2 Å². The molecule has 0 radical (unpaired) electrons. The van der Waals surface area contributed by atoms with Crippen molar-refractivity contribution in [2.24, 2.45) is 0 Å². The molecule has 4 nitrogen and oxygen atoms in total. The zero-order valence-corrected chi connectivity index (χ0v) is 11.9. The Bertz CT molecular complexity index is 583. The van der Waals surface area contributed by atoms with Crippen LogP contribution in [-0.4, -0.2) is 32.7 Å². The molecule has 1 aliphatic rings. The maximum atomic E-state index is 12.0. The number of thioether (sulfide) groups is 1. The van der Waals surface area contributed by atoms with Gasteiger partial charge in [-0.15, -0.1) is 0 Å². The van der Waals surface area contributed by atoms with Gasteiger partial charge in [0.15, 0.2) is 0 Å². The molecule has 1 saturated heterocycles. The van der Waals surface area contributed by atoms with Crippen molar-refractivity contribution in [1.29, 1.82) is 0 Å². The molecule has 7 heteroatoms. The summed E-state index contributed by atoms with van der Waals surface area (Å²) in [7, 11) is 0. The van der Waals surface area contributed by atoms with Crippen molar-refractivity contribution < 1.29 is 14.7 Å². The molecule has 1 aromatic rings. The van der Waals surface area contributed by atoms with Crippen LogP contribution in [0.15, 0.2) is 29.2 Å². The Morgan fingerprint density at radius 2 is 2.05 bits per heavy atom. The highest BCUT2D eigenvalue weighted by atomic mass is 35.5. The Balaban J connectivity index is 2.23. The number of carboxylic acid groups (broad SMARTS) is 1. The van der Waals surface area contributed by atoms with Crippen LogP contribution in [0.3, 0.4) is 0 Å². The molecule has 0 unspecified atom stereocenters. The predicted molar refractivity (Wildman–Crippen MR) is 79.0 cm³/mol. The van der Waals surface area contributed by atoms with E-state index >= 15 is 0 Å². The van der Waals surface area contributed by atoms with Gasteiger partial charge in [0.1, 0.15) is 10.9 Å². The van der Waals surface area contributed by atoms with E-state index in [-0.39, 0.29) is 10.2 Å². The second kappa shape index (κ2) is 5.73. The molecule has 98 valence electrons. The van der Waals surface area contributed by atoms with E-state index < -0.39 is 12.5 Å². The number of carbonyl (C=O) groups excluding carboxylic acids is 1. The molecule has 0 spiro atoms. The van der Waals surface area contributed by atoms with E-state index in [4.69, 9.17) is 28.9 Å². The molecule has 2 rings (SSSR count). The van der Waals surface area contributed by atoms with Crippen LogP contribution in [0.4, 0.5) is 0 Å². The van der Waals surface area contributed by atoms with Gasteiger partial charge in [-0.05, 0) is 23.8 Å². The minimum absolute atomic E-state index is 0.257. The minimum Gasteiger partial charge on any atom is -0.480 e. The van der Waals surface area contributed by atoms with Gasteiger partial charge in [0.2, 0.25) is 0 Å². The van der Waals surface area contributed by atoms with Crippen LogP contribution in [0.1, 0.15) is 5.56 Å². The molecule has 1 N–H and O–H groups in total. The van der Waals surface area contributed by atoms with Gasteiger partial charge in [0, 0.05) is 5.02 Å². The lowest BCUT2D eigenvalue weighted by molar-refractivity contribution is -0.140. The molecule has 1 amide bonds. The molecule has 0 atom stereocenters. The highest BCUT2D eigenvalue weighted by molar-refractivity contribution is 8.26. The van der Waals surface area contributed by atoms with Crippen LogP contribution in [0, 0.1) is 0 Å². The molecule has 0 aliphatic carbocycles. The fraction of sp³-hybridized carbons (Fsp3) is 0.0833. The lowest BCUT2D eigenvalue weighted by Crippen LogP contribution is -2.33. The third kappa shape index (κ3) is 3.34. The van der Waals surface area contributed by atoms with Crippen LogP contribution in [0.2, 0.25) is 5.02 Å². The molecule has 1 fully saturated rings. The zero-order valence-electron chi connectivity index (χ0n) is 9.50. The maximum absolute atomic E-state index is 12.0. The molecule has 0 saturated carbocycles. The van der Waals surface area contributed by atoms with E-state index in [9.17, 15) is 9.59 Å². The van der Waals surface area contributed by atoms with Crippen LogP contribution in [0.5, 0.6) is 0 Å². The van der Waals surface area contributed by atoms with E-state index in [1.807, 2.05) is 0 Å². The van der Waals surface area contributed by atoms with Gasteiger partial charge in [0.05, 0.1) is 4.91 Å². The predicted octanol–water partition coefficient (Wildman–Crippen LogP) is 2.63. The number of hydrogen-bond donors (Lipinski definition) is 1. The largest absolute Gasteiger partial charge is 0.480 e. The first-order valence-electron chi connectivity index (χ1n) is 5.20. The Morgan fingerprint density at radius 3 is 2.63 bits per heavy atom. The standard InChI is InChI=1S/C12H8ClNO3S2/c13-8-3-1-7(2-4-8)5-9-11(17)14(6-10(15)16)12(18)19-9/h1-5H,6H2,(H,15,16)/b9-5+. The first kappa shape index (κ1) is 14.0. The van der Waals surface area contributed by atoms with Crippen LogP contribution >= 0.6 is 35.6 Å². The summed E-state index contributed by atoms with van der Waals surface area (Å²) in [5.74, 6) is -1.48. The summed E-state index contributed by atoms with van der Waals surface area (Å²) >= 11 is 11.9. The highest BCUT2D eigenvalue weighted by Gasteiger charge is 2.33. The lowest BCUT2D eigenvalue weighted by atomic mass is 10.2. The van der Waals surface area contributed by atoms with E-state index in [2.05, 4.69) is 0 Å². The quantitative estimate of drug-likeness (QED) is 0.686. The SMILES string of the molecule is O=C(O)CN1C(=O)/C(=C\c2ccc(Cl)cc2)SC1=S. The first-order valence-corrected chi connectivity index (χ1v) is 6.80. The average molecular weight is 314 g/mol. The van der Waals surface area contributed by atoms with Crippen LogP contribution < -0.4 is 0 Å². The van der Waals surface area contributed by atoms with Gasteiger partial charge in [-0.25, -0.2) is 0 Å². The second-order valence-corrected chi connectivity index (χ2v) is 5.83. The normalized spacial score (nSPS) is 17.3. The van der Waals surface area contributed by atoms with Crippen molar-refractivity contribution in [1.82, 2.24) is 4.90 Å². The summed E-state index contributed by atoms with van der Waals surface area (Å²) in [5.41, 5.74) is 0.806. The topological polar surface area (TPSA) is 57.6 Å². The summed E-state index contributed by atoms with van der Waals surface area (Å²) in [5, 5.41) is 9.33. The summed E-state index contributed by atoms with van der Waals surface area (Å²) in [6, 6.07) is 6.97. The molecular weight excluding hydrogens is 306 g/mol. The Hall–Kier alpha value is -1.37. The Labute approximate surface area is 124 Å². The molecule has 19 heavy (non-hydrogen) atoms. The van der Waals surface area contributed by atoms with Crippen LogP contribution in [0.25, 0.3) is 6.08 Å². The third-order valence-electron chi connectivity index (χ3n) is 2.33. The van der Waals surface area contributed by atoms with Gasteiger partial charge in [-0.2, -0.15) is 0 Å². The smallest absolute Gasteiger partial charge is 0.323 e. The Kier molecular flexibility index (Phi) is 4.24. The number of aliphatic carboxylic acids is 1. The number of halogens is 1. The van der Waals surface area contributed by atoms with Gasteiger partial charge >= 0.3 is 5.97 Å².